The average Bonchev–Trinajstić information content (AvgIpc) is 3.06. The lowest BCUT2D eigenvalue weighted by molar-refractivity contribution is -0.126. The summed E-state index contributed by atoms with van der Waals surface area (Å²) in [5.74, 6) is -0.543. The van der Waals surface area contributed by atoms with Gasteiger partial charge in [0.15, 0.2) is 12.1 Å². The number of amides is 3. The van der Waals surface area contributed by atoms with E-state index in [9.17, 15) is 18.8 Å². The van der Waals surface area contributed by atoms with Crippen molar-refractivity contribution in [3.8, 4) is 0 Å². The van der Waals surface area contributed by atoms with Gasteiger partial charge >= 0.3 is 6.09 Å². The zero-order chi connectivity index (χ0) is 23.3. The number of carbonyl (C=O) groups excluding carboxylic acids is 3. The van der Waals surface area contributed by atoms with Crippen LogP contribution in [0.3, 0.4) is 0 Å². The molecule has 32 heavy (non-hydrogen) atoms. The number of ether oxygens (including phenoxy) is 1. The third-order valence-electron chi connectivity index (χ3n) is 5.09. The normalized spacial score (nSPS) is 17.9. The first-order chi connectivity index (χ1) is 15.3. The molecule has 8 heteroatoms. The number of carbonyl (C=O) groups is 3. The van der Waals surface area contributed by atoms with Gasteiger partial charge in [0.1, 0.15) is 5.82 Å². The Morgan fingerprint density at radius 2 is 1.75 bits per heavy atom. The first-order valence-corrected chi connectivity index (χ1v) is 10.7. The third-order valence-corrected chi connectivity index (χ3v) is 5.09. The van der Waals surface area contributed by atoms with Crippen LogP contribution in [-0.2, 0) is 20.9 Å². The van der Waals surface area contributed by atoms with Crippen molar-refractivity contribution in [3.63, 3.8) is 0 Å². The number of nitrogens with one attached hydrogen (secondary N) is 2. The minimum Gasteiger partial charge on any atom is -0.438 e. The number of nitrogens with zero attached hydrogens (tertiary/aromatic N) is 1. The molecule has 2 aromatic carbocycles. The third kappa shape index (κ3) is 5.63. The average molecular weight is 442 g/mol. The first kappa shape index (κ1) is 23.2. The zero-order valence-electron chi connectivity index (χ0n) is 18.4. The van der Waals surface area contributed by atoms with Crippen molar-refractivity contribution in [2.24, 2.45) is 5.92 Å². The van der Waals surface area contributed by atoms with E-state index in [0.717, 1.165) is 0 Å². The lowest BCUT2D eigenvalue weighted by Crippen LogP contribution is -2.46. The summed E-state index contributed by atoms with van der Waals surface area (Å²) in [4.78, 5) is 38.8. The molecule has 3 amide bonds. The molecular formula is C24H28FN3O4. The molecule has 0 aliphatic carbocycles. The van der Waals surface area contributed by atoms with Crippen molar-refractivity contribution in [2.75, 3.05) is 11.9 Å². The van der Waals surface area contributed by atoms with E-state index in [1.807, 2.05) is 13.8 Å². The second kappa shape index (κ2) is 10.3. The van der Waals surface area contributed by atoms with Crippen LogP contribution in [0.4, 0.5) is 14.9 Å². The monoisotopic (exact) mass is 441 g/mol. The van der Waals surface area contributed by atoms with Crippen molar-refractivity contribution >= 4 is 23.6 Å². The van der Waals surface area contributed by atoms with Crippen LogP contribution in [0.1, 0.15) is 44.4 Å². The highest BCUT2D eigenvalue weighted by Gasteiger charge is 2.46. The molecule has 0 spiro atoms. The summed E-state index contributed by atoms with van der Waals surface area (Å²) in [5, 5.41) is 5.59. The lowest BCUT2D eigenvalue weighted by atomic mass is 10.00. The molecule has 2 aromatic rings. The molecule has 170 valence electrons. The largest absolute Gasteiger partial charge is 0.438 e. The van der Waals surface area contributed by atoms with E-state index in [1.54, 1.807) is 43.3 Å². The summed E-state index contributed by atoms with van der Waals surface area (Å²) < 4.78 is 18.8. The van der Waals surface area contributed by atoms with Gasteiger partial charge < -0.3 is 15.4 Å². The molecule has 7 nitrogen and oxygen atoms in total. The number of rotatable bonds is 8. The van der Waals surface area contributed by atoms with Crippen LogP contribution in [-0.4, -0.2) is 35.4 Å². The Bertz CT molecular complexity index is 960. The lowest BCUT2D eigenvalue weighted by Gasteiger charge is -2.24. The number of hydrogen-bond donors (Lipinski definition) is 2. The highest BCUT2D eigenvalue weighted by atomic mass is 19.1. The Balaban J connectivity index is 1.81. The maximum absolute atomic E-state index is 13.2. The van der Waals surface area contributed by atoms with Crippen molar-refractivity contribution in [1.82, 2.24) is 10.2 Å². The molecule has 2 N–H and O–H groups in total. The van der Waals surface area contributed by atoms with Crippen molar-refractivity contribution in [1.29, 1.82) is 0 Å². The van der Waals surface area contributed by atoms with Gasteiger partial charge in [-0.3, -0.25) is 14.5 Å². The number of cyclic esters (lactones) is 1. The van der Waals surface area contributed by atoms with Crippen LogP contribution >= 0.6 is 0 Å². The topological polar surface area (TPSA) is 87.7 Å². The van der Waals surface area contributed by atoms with Crippen LogP contribution in [0.2, 0.25) is 0 Å². The van der Waals surface area contributed by atoms with E-state index >= 15 is 0 Å². The van der Waals surface area contributed by atoms with E-state index in [-0.39, 0.29) is 30.1 Å². The summed E-state index contributed by atoms with van der Waals surface area (Å²) in [6, 6.07) is 11.8. The molecule has 2 unspecified atom stereocenters. The standard InChI is InChI=1S/C24H28FN3O4/c1-4-26-23(30)21-22(17-7-11-19(12-8-17)27-20(29)13-15(2)3)32-24(31)28(21)14-16-5-9-18(25)10-6-16/h5-12,15,21-22H,4,13-14H2,1-3H3,(H,26,30)(H,27,29). The van der Waals surface area contributed by atoms with Gasteiger partial charge in [-0.15, -0.1) is 0 Å². The summed E-state index contributed by atoms with van der Waals surface area (Å²) in [6.45, 7) is 6.25. The molecular weight excluding hydrogens is 413 g/mol. The van der Waals surface area contributed by atoms with E-state index in [1.165, 1.54) is 17.0 Å². The van der Waals surface area contributed by atoms with Crippen LogP contribution < -0.4 is 10.6 Å². The van der Waals surface area contributed by atoms with Crippen LogP contribution in [0.5, 0.6) is 0 Å². The molecule has 0 saturated carbocycles. The van der Waals surface area contributed by atoms with Gasteiger partial charge in [-0.25, -0.2) is 9.18 Å². The Hall–Kier alpha value is -3.42. The van der Waals surface area contributed by atoms with Gasteiger partial charge in [-0.2, -0.15) is 0 Å². The molecule has 1 aliphatic rings. The van der Waals surface area contributed by atoms with Gasteiger partial charge in [0.05, 0.1) is 6.54 Å². The number of benzene rings is 2. The van der Waals surface area contributed by atoms with Crippen molar-refractivity contribution in [3.05, 3.63) is 65.5 Å². The van der Waals surface area contributed by atoms with Crippen LogP contribution in [0.25, 0.3) is 0 Å². The Labute approximate surface area is 186 Å². The number of likely N-dealkylation sites (N-methyl/N-ethyl adjacent to an activating group) is 1. The summed E-state index contributed by atoms with van der Waals surface area (Å²) in [5.41, 5.74) is 1.95. The fourth-order valence-electron chi connectivity index (χ4n) is 3.61. The van der Waals surface area contributed by atoms with Crippen LogP contribution in [0.15, 0.2) is 48.5 Å². The Morgan fingerprint density at radius 3 is 2.34 bits per heavy atom. The van der Waals surface area contributed by atoms with Crippen LogP contribution in [0, 0.1) is 11.7 Å². The Kier molecular flexibility index (Phi) is 7.45. The summed E-state index contributed by atoms with van der Waals surface area (Å²) in [7, 11) is 0. The van der Waals surface area contributed by atoms with E-state index in [2.05, 4.69) is 10.6 Å². The number of hydrogen-bond acceptors (Lipinski definition) is 4. The second-order valence-electron chi connectivity index (χ2n) is 8.17. The highest BCUT2D eigenvalue weighted by Crippen LogP contribution is 2.34. The summed E-state index contributed by atoms with van der Waals surface area (Å²) in [6.07, 6.45) is -1.01. The molecule has 1 saturated heterocycles. The number of halogens is 1. The second-order valence-corrected chi connectivity index (χ2v) is 8.17. The zero-order valence-corrected chi connectivity index (χ0v) is 18.4. The minimum atomic E-state index is -0.881. The van der Waals surface area contributed by atoms with Crippen molar-refractivity contribution in [2.45, 2.75) is 45.9 Å². The molecule has 2 atom stereocenters. The van der Waals surface area contributed by atoms with Crippen molar-refractivity contribution < 1.29 is 23.5 Å². The minimum absolute atomic E-state index is 0.0780. The van der Waals surface area contributed by atoms with Gasteiger partial charge in [0.2, 0.25) is 11.8 Å². The molecule has 0 bridgehead atoms. The molecule has 1 fully saturated rings. The first-order valence-electron chi connectivity index (χ1n) is 10.7. The fourth-order valence-corrected chi connectivity index (χ4v) is 3.61. The maximum Gasteiger partial charge on any atom is 0.411 e. The predicted molar refractivity (Wildman–Crippen MR) is 118 cm³/mol. The quantitative estimate of drug-likeness (QED) is 0.648. The highest BCUT2D eigenvalue weighted by molar-refractivity contribution is 5.91. The molecule has 3 rings (SSSR count). The smallest absolute Gasteiger partial charge is 0.411 e. The number of anilines is 1. The summed E-state index contributed by atoms with van der Waals surface area (Å²) >= 11 is 0. The SMILES string of the molecule is CCNC(=O)C1C(c2ccc(NC(=O)CC(C)C)cc2)OC(=O)N1Cc1ccc(F)cc1. The predicted octanol–water partition coefficient (Wildman–Crippen LogP) is 4.01. The van der Waals surface area contributed by atoms with E-state index in [0.29, 0.717) is 29.8 Å². The maximum atomic E-state index is 13.2. The van der Waals surface area contributed by atoms with Gasteiger partial charge in [-0.05, 0) is 48.2 Å². The molecule has 1 aliphatic heterocycles. The molecule has 0 radical (unpaired) electrons. The van der Waals surface area contributed by atoms with Gasteiger partial charge in [0, 0.05) is 18.7 Å². The van der Waals surface area contributed by atoms with Gasteiger partial charge in [-0.1, -0.05) is 38.1 Å². The molecule has 1 heterocycles. The van der Waals surface area contributed by atoms with E-state index < -0.39 is 18.2 Å². The fraction of sp³-hybridized carbons (Fsp3) is 0.375. The molecule has 0 aromatic heterocycles. The Morgan fingerprint density at radius 1 is 1.09 bits per heavy atom. The van der Waals surface area contributed by atoms with Gasteiger partial charge in [0.25, 0.3) is 0 Å². The van der Waals surface area contributed by atoms with E-state index in [4.69, 9.17) is 4.74 Å².